The van der Waals surface area contributed by atoms with Crippen molar-refractivity contribution in [3.8, 4) is 0 Å². The van der Waals surface area contributed by atoms with Crippen molar-refractivity contribution in [2.24, 2.45) is 5.92 Å². The van der Waals surface area contributed by atoms with E-state index in [4.69, 9.17) is 4.74 Å². The van der Waals surface area contributed by atoms with E-state index in [1.165, 1.54) is 0 Å². The molecular formula is C15H27N3O3. The van der Waals surface area contributed by atoms with E-state index in [2.05, 4.69) is 10.2 Å². The Morgan fingerprint density at radius 1 is 1.38 bits per heavy atom. The molecule has 2 rings (SSSR count). The third-order valence-electron chi connectivity index (χ3n) is 4.38. The van der Waals surface area contributed by atoms with Gasteiger partial charge in [-0.05, 0) is 13.3 Å². The second-order valence-corrected chi connectivity index (χ2v) is 6.01. The number of hydrogen-bond acceptors (Lipinski definition) is 4. The molecule has 2 amide bonds. The average Bonchev–Trinajstić information content (AvgIpc) is 2.87. The summed E-state index contributed by atoms with van der Waals surface area (Å²) in [6.07, 6.45) is 1.26. The minimum absolute atomic E-state index is 0.0200. The lowest BCUT2D eigenvalue weighted by Crippen LogP contribution is -2.42. The van der Waals surface area contributed by atoms with Gasteiger partial charge < -0.3 is 15.0 Å². The van der Waals surface area contributed by atoms with Gasteiger partial charge in [0.2, 0.25) is 11.8 Å². The van der Waals surface area contributed by atoms with Crippen LogP contribution in [0.3, 0.4) is 0 Å². The molecule has 0 aromatic rings. The van der Waals surface area contributed by atoms with Gasteiger partial charge in [-0.1, -0.05) is 6.92 Å². The predicted molar refractivity (Wildman–Crippen MR) is 79.8 cm³/mol. The van der Waals surface area contributed by atoms with Crippen molar-refractivity contribution in [2.75, 3.05) is 45.9 Å². The zero-order valence-electron chi connectivity index (χ0n) is 13.1. The molecule has 2 aliphatic heterocycles. The number of ether oxygens (including phenoxy) is 1. The van der Waals surface area contributed by atoms with Gasteiger partial charge in [-0.25, -0.2) is 0 Å². The van der Waals surface area contributed by atoms with Crippen molar-refractivity contribution in [1.82, 2.24) is 15.1 Å². The summed E-state index contributed by atoms with van der Waals surface area (Å²) < 4.78 is 5.31. The minimum Gasteiger partial charge on any atom is -0.379 e. The zero-order valence-corrected chi connectivity index (χ0v) is 13.1. The molecule has 21 heavy (non-hydrogen) atoms. The first kappa shape index (κ1) is 16.2. The number of morpholine rings is 1. The lowest BCUT2D eigenvalue weighted by atomic mass is 10.1. The van der Waals surface area contributed by atoms with Crippen LogP contribution in [0.25, 0.3) is 0 Å². The maximum Gasteiger partial charge on any atom is 0.225 e. The Balaban J connectivity index is 1.75. The van der Waals surface area contributed by atoms with Crippen LogP contribution in [-0.2, 0) is 14.3 Å². The van der Waals surface area contributed by atoms with Crippen LogP contribution < -0.4 is 5.32 Å². The highest BCUT2D eigenvalue weighted by atomic mass is 16.5. The summed E-state index contributed by atoms with van der Waals surface area (Å²) in [4.78, 5) is 28.3. The first-order chi connectivity index (χ1) is 10.1. The third-order valence-corrected chi connectivity index (χ3v) is 4.38. The molecule has 6 nitrogen and oxygen atoms in total. The zero-order chi connectivity index (χ0) is 15.2. The largest absolute Gasteiger partial charge is 0.379 e. The topological polar surface area (TPSA) is 61.9 Å². The van der Waals surface area contributed by atoms with Gasteiger partial charge in [0, 0.05) is 45.2 Å². The lowest BCUT2D eigenvalue weighted by molar-refractivity contribution is -0.129. The molecule has 120 valence electrons. The van der Waals surface area contributed by atoms with Crippen molar-refractivity contribution in [2.45, 2.75) is 32.7 Å². The summed E-state index contributed by atoms with van der Waals surface area (Å²) in [7, 11) is 0. The van der Waals surface area contributed by atoms with E-state index >= 15 is 0 Å². The number of hydrogen-bond donors (Lipinski definition) is 1. The van der Waals surface area contributed by atoms with Crippen LogP contribution in [0, 0.1) is 5.92 Å². The normalized spacial score (nSPS) is 25.1. The summed E-state index contributed by atoms with van der Waals surface area (Å²) in [6.45, 7) is 9.58. The molecule has 1 N–H and O–H groups in total. The third kappa shape index (κ3) is 4.68. The molecule has 2 unspecified atom stereocenters. The fraction of sp³-hybridized carbons (Fsp3) is 0.867. The van der Waals surface area contributed by atoms with Crippen molar-refractivity contribution in [3.63, 3.8) is 0 Å². The van der Waals surface area contributed by atoms with Gasteiger partial charge in [0.05, 0.1) is 19.1 Å². The number of amides is 2. The Morgan fingerprint density at radius 3 is 2.76 bits per heavy atom. The quantitative estimate of drug-likeness (QED) is 0.754. The van der Waals surface area contributed by atoms with Crippen LogP contribution in [0.4, 0.5) is 0 Å². The molecule has 0 bridgehead atoms. The molecule has 0 aromatic carbocycles. The first-order valence-electron chi connectivity index (χ1n) is 7.98. The Kier molecular flexibility index (Phi) is 5.99. The molecular weight excluding hydrogens is 270 g/mol. The molecule has 2 fully saturated rings. The Hall–Kier alpha value is -1.14. The predicted octanol–water partition coefficient (Wildman–Crippen LogP) is 0.0818. The van der Waals surface area contributed by atoms with Crippen LogP contribution in [0.15, 0.2) is 0 Å². The number of likely N-dealkylation sites (tertiary alicyclic amines) is 1. The highest BCUT2D eigenvalue weighted by Gasteiger charge is 2.34. The summed E-state index contributed by atoms with van der Waals surface area (Å²) in [5.74, 6) is -0.0599. The van der Waals surface area contributed by atoms with Gasteiger partial charge in [-0.3, -0.25) is 14.5 Å². The van der Waals surface area contributed by atoms with Crippen LogP contribution in [-0.4, -0.2) is 73.6 Å². The molecule has 2 heterocycles. The number of nitrogens with zero attached hydrogens (tertiary/aromatic N) is 2. The van der Waals surface area contributed by atoms with E-state index in [-0.39, 0.29) is 23.8 Å². The van der Waals surface area contributed by atoms with E-state index in [0.717, 1.165) is 39.3 Å². The number of rotatable bonds is 6. The SMILES string of the molecule is CCC(C)NC(=O)C1CC(=O)N(CCN2CCOCC2)C1. The summed E-state index contributed by atoms with van der Waals surface area (Å²) in [6, 6.07) is 0.176. The van der Waals surface area contributed by atoms with Gasteiger partial charge in [-0.2, -0.15) is 0 Å². The second kappa shape index (κ2) is 7.75. The summed E-state index contributed by atoms with van der Waals surface area (Å²) in [5, 5.41) is 2.97. The molecule has 6 heteroatoms. The fourth-order valence-electron chi connectivity index (χ4n) is 2.71. The Morgan fingerprint density at radius 2 is 2.10 bits per heavy atom. The monoisotopic (exact) mass is 297 g/mol. The molecule has 0 aliphatic carbocycles. The van der Waals surface area contributed by atoms with E-state index < -0.39 is 0 Å². The number of carbonyl (C=O) groups excluding carboxylic acids is 2. The van der Waals surface area contributed by atoms with Crippen molar-refractivity contribution in [1.29, 1.82) is 0 Å². The summed E-state index contributed by atoms with van der Waals surface area (Å²) >= 11 is 0. The van der Waals surface area contributed by atoms with Gasteiger partial charge in [0.25, 0.3) is 0 Å². The van der Waals surface area contributed by atoms with Crippen molar-refractivity contribution >= 4 is 11.8 Å². The lowest BCUT2D eigenvalue weighted by Gasteiger charge is -2.28. The van der Waals surface area contributed by atoms with Gasteiger partial charge in [0.1, 0.15) is 0 Å². The molecule has 2 aliphatic rings. The average molecular weight is 297 g/mol. The van der Waals surface area contributed by atoms with Crippen LogP contribution >= 0.6 is 0 Å². The van der Waals surface area contributed by atoms with E-state index in [1.807, 2.05) is 18.7 Å². The molecule has 2 atom stereocenters. The number of nitrogens with one attached hydrogen (secondary N) is 1. The maximum atomic E-state index is 12.1. The van der Waals surface area contributed by atoms with E-state index in [9.17, 15) is 9.59 Å². The van der Waals surface area contributed by atoms with E-state index in [0.29, 0.717) is 19.5 Å². The maximum absolute atomic E-state index is 12.1. The number of carbonyl (C=O) groups is 2. The standard InChI is InChI=1S/C15H27N3O3/c1-3-12(2)16-15(20)13-10-14(19)18(11-13)5-4-17-6-8-21-9-7-17/h12-13H,3-11H2,1-2H3,(H,16,20). The van der Waals surface area contributed by atoms with Gasteiger partial charge in [0.15, 0.2) is 0 Å². The highest BCUT2D eigenvalue weighted by Crippen LogP contribution is 2.18. The smallest absolute Gasteiger partial charge is 0.225 e. The van der Waals surface area contributed by atoms with Crippen LogP contribution in [0.2, 0.25) is 0 Å². The highest BCUT2D eigenvalue weighted by molar-refractivity contribution is 5.89. The molecule has 0 saturated carbocycles. The van der Waals surface area contributed by atoms with Crippen LogP contribution in [0.5, 0.6) is 0 Å². The van der Waals surface area contributed by atoms with Crippen LogP contribution in [0.1, 0.15) is 26.7 Å². The van der Waals surface area contributed by atoms with E-state index in [1.54, 1.807) is 0 Å². The Bertz CT molecular complexity index is 369. The Labute approximate surface area is 126 Å². The van der Waals surface area contributed by atoms with Crippen molar-refractivity contribution < 1.29 is 14.3 Å². The second-order valence-electron chi connectivity index (χ2n) is 6.01. The first-order valence-corrected chi connectivity index (χ1v) is 7.98. The summed E-state index contributed by atoms with van der Waals surface area (Å²) in [5.41, 5.74) is 0. The molecule has 0 aromatic heterocycles. The molecule has 0 spiro atoms. The van der Waals surface area contributed by atoms with Gasteiger partial charge in [-0.15, -0.1) is 0 Å². The van der Waals surface area contributed by atoms with Gasteiger partial charge >= 0.3 is 0 Å². The van der Waals surface area contributed by atoms with Crippen molar-refractivity contribution in [3.05, 3.63) is 0 Å². The molecule has 0 radical (unpaired) electrons. The fourth-order valence-corrected chi connectivity index (χ4v) is 2.71. The molecule has 2 saturated heterocycles. The minimum atomic E-state index is -0.184.